The van der Waals surface area contributed by atoms with Crippen molar-refractivity contribution >= 4 is 41.5 Å². The van der Waals surface area contributed by atoms with E-state index >= 15 is 0 Å². The van der Waals surface area contributed by atoms with E-state index in [0.29, 0.717) is 29.3 Å². The monoisotopic (exact) mass is 463 g/mol. The highest BCUT2D eigenvalue weighted by Gasteiger charge is 2.18. The highest BCUT2D eigenvalue weighted by molar-refractivity contribution is 14.0. The number of ether oxygens (including phenoxy) is 1. The maximum atomic E-state index is 6.01. The maximum Gasteiger partial charge on any atom is 0.248 e. The van der Waals surface area contributed by atoms with Crippen LogP contribution in [0.5, 0.6) is 0 Å². The summed E-state index contributed by atoms with van der Waals surface area (Å²) in [4.78, 5) is 10.6. The highest BCUT2D eigenvalue weighted by Crippen LogP contribution is 2.18. The summed E-state index contributed by atoms with van der Waals surface area (Å²) in [5.41, 5.74) is 6.85. The molecule has 1 aromatic heterocycles. The Kier molecular flexibility index (Phi) is 6.81. The van der Waals surface area contributed by atoms with Crippen LogP contribution >= 0.6 is 35.6 Å². The number of rotatable bonds is 3. The highest BCUT2D eigenvalue weighted by atomic mass is 127. The predicted octanol–water partition coefficient (Wildman–Crippen LogP) is 2.54. The van der Waals surface area contributed by atoms with Crippen LogP contribution < -0.4 is 5.73 Å². The van der Waals surface area contributed by atoms with Crippen LogP contribution in [0.2, 0.25) is 5.02 Å². The summed E-state index contributed by atoms with van der Waals surface area (Å²) in [5, 5.41) is 4.61. The van der Waals surface area contributed by atoms with Gasteiger partial charge in [-0.1, -0.05) is 16.8 Å². The lowest BCUT2D eigenvalue weighted by molar-refractivity contribution is 0.00527. The quantitative estimate of drug-likeness (QED) is 0.427. The van der Waals surface area contributed by atoms with E-state index in [4.69, 9.17) is 26.6 Å². The molecule has 2 N–H and O–H groups in total. The molecule has 3 rings (SSSR count). The van der Waals surface area contributed by atoms with E-state index in [1.807, 2.05) is 24.0 Å². The number of hydrogen-bond donors (Lipinski definition) is 1. The molecular formula is C15H19ClIN5O2. The first kappa shape index (κ1) is 18.9. The second-order valence-corrected chi connectivity index (χ2v) is 5.76. The lowest BCUT2D eigenvalue weighted by Gasteiger charge is -2.31. The topological polar surface area (TPSA) is 89.8 Å². The fraction of sp³-hybridized carbons (Fsp3) is 0.400. The van der Waals surface area contributed by atoms with Gasteiger partial charge in [-0.25, -0.2) is 4.99 Å². The second kappa shape index (κ2) is 8.63. The van der Waals surface area contributed by atoms with Gasteiger partial charge in [0.05, 0.1) is 12.7 Å². The minimum atomic E-state index is 0. The van der Waals surface area contributed by atoms with Crippen molar-refractivity contribution in [2.45, 2.75) is 19.6 Å². The molecule has 0 aliphatic carbocycles. The first-order valence-corrected chi connectivity index (χ1v) is 7.74. The molecule has 2 aromatic rings. The van der Waals surface area contributed by atoms with Gasteiger partial charge in [0.1, 0.15) is 6.54 Å². The zero-order valence-electron chi connectivity index (χ0n) is 13.2. The Balaban J connectivity index is 0.00000208. The van der Waals surface area contributed by atoms with Crippen LogP contribution in [0.3, 0.4) is 0 Å². The van der Waals surface area contributed by atoms with Gasteiger partial charge in [0.2, 0.25) is 11.7 Å². The number of aliphatic imine (C=N–C) groups is 1. The molecule has 1 fully saturated rings. The fourth-order valence-corrected chi connectivity index (χ4v) is 2.44. The summed E-state index contributed by atoms with van der Waals surface area (Å²) in [6.45, 7) is 4.38. The summed E-state index contributed by atoms with van der Waals surface area (Å²) in [6, 6.07) is 7.23. The van der Waals surface area contributed by atoms with Crippen LogP contribution in [-0.2, 0) is 11.3 Å². The molecule has 2 heterocycles. The van der Waals surface area contributed by atoms with Gasteiger partial charge in [-0.3, -0.25) is 0 Å². The zero-order chi connectivity index (χ0) is 16.2. The second-order valence-electron chi connectivity index (χ2n) is 5.32. The largest absolute Gasteiger partial charge is 0.375 e. The molecule has 0 saturated carbocycles. The molecule has 1 saturated heterocycles. The van der Waals surface area contributed by atoms with Crippen LogP contribution in [0.25, 0.3) is 11.4 Å². The predicted molar refractivity (Wildman–Crippen MR) is 102 cm³/mol. The average molecular weight is 464 g/mol. The Labute approximate surface area is 162 Å². The average Bonchev–Trinajstić information content (AvgIpc) is 3.02. The standard InChI is InChI=1S/C15H18ClN5O2.HI/c1-10-9-21(6-7-22-10)15(17)18-8-13-19-14(20-23-13)11-2-4-12(16)5-3-11;/h2-5,10H,6-9H2,1H3,(H2,17,18);1H. The number of benzene rings is 1. The van der Waals surface area contributed by atoms with E-state index in [-0.39, 0.29) is 36.6 Å². The van der Waals surface area contributed by atoms with Crippen molar-refractivity contribution in [1.82, 2.24) is 15.0 Å². The van der Waals surface area contributed by atoms with Crippen LogP contribution in [0.15, 0.2) is 33.8 Å². The first-order chi connectivity index (χ1) is 11.1. The van der Waals surface area contributed by atoms with Crippen LogP contribution in [-0.4, -0.2) is 46.8 Å². The molecule has 0 radical (unpaired) electrons. The Hall–Kier alpha value is -1.39. The van der Waals surface area contributed by atoms with E-state index in [0.717, 1.165) is 18.7 Å². The SMILES string of the molecule is CC1CN(C(N)=NCc2nc(-c3ccc(Cl)cc3)no2)CCO1.I. The number of nitrogens with zero attached hydrogens (tertiary/aromatic N) is 4. The molecule has 9 heteroatoms. The third kappa shape index (κ3) is 4.81. The van der Waals surface area contributed by atoms with Crippen LogP contribution in [0.4, 0.5) is 0 Å². The van der Waals surface area contributed by atoms with E-state index in [2.05, 4.69) is 15.1 Å². The molecule has 1 aliphatic rings. The molecule has 1 aliphatic heterocycles. The van der Waals surface area contributed by atoms with Crippen molar-refractivity contribution in [3.8, 4) is 11.4 Å². The molecule has 0 bridgehead atoms. The molecule has 130 valence electrons. The molecular weight excluding hydrogens is 445 g/mol. The first-order valence-electron chi connectivity index (χ1n) is 7.37. The summed E-state index contributed by atoms with van der Waals surface area (Å²) in [6.07, 6.45) is 0.150. The van der Waals surface area contributed by atoms with Gasteiger partial charge in [-0.05, 0) is 31.2 Å². The van der Waals surface area contributed by atoms with Crippen molar-refractivity contribution in [3.05, 3.63) is 35.2 Å². The van der Waals surface area contributed by atoms with Crippen molar-refractivity contribution in [2.75, 3.05) is 19.7 Å². The van der Waals surface area contributed by atoms with Crippen LogP contribution in [0, 0.1) is 0 Å². The van der Waals surface area contributed by atoms with E-state index in [1.54, 1.807) is 12.1 Å². The third-order valence-corrected chi connectivity index (χ3v) is 3.76. The molecule has 0 amide bonds. The number of aromatic nitrogens is 2. The van der Waals surface area contributed by atoms with Crippen molar-refractivity contribution in [2.24, 2.45) is 10.7 Å². The molecule has 1 unspecified atom stereocenters. The Morgan fingerprint density at radius 1 is 1.42 bits per heavy atom. The summed E-state index contributed by atoms with van der Waals surface area (Å²) >= 11 is 5.86. The minimum Gasteiger partial charge on any atom is -0.375 e. The Bertz CT molecular complexity index is 691. The van der Waals surface area contributed by atoms with Gasteiger partial charge in [-0.2, -0.15) is 4.98 Å². The lowest BCUT2D eigenvalue weighted by Crippen LogP contribution is -2.47. The third-order valence-electron chi connectivity index (χ3n) is 3.51. The molecule has 1 atom stereocenters. The van der Waals surface area contributed by atoms with E-state index in [9.17, 15) is 0 Å². The lowest BCUT2D eigenvalue weighted by atomic mass is 10.2. The van der Waals surface area contributed by atoms with E-state index in [1.165, 1.54) is 0 Å². The van der Waals surface area contributed by atoms with E-state index < -0.39 is 0 Å². The van der Waals surface area contributed by atoms with Gasteiger partial charge >= 0.3 is 0 Å². The number of halogens is 2. The fourth-order valence-electron chi connectivity index (χ4n) is 2.31. The Morgan fingerprint density at radius 2 is 2.17 bits per heavy atom. The normalized spacial score (nSPS) is 18.3. The van der Waals surface area contributed by atoms with Crippen LogP contribution in [0.1, 0.15) is 12.8 Å². The number of nitrogens with two attached hydrogens (primary N) is 1. The smallest absolute Gasteiger partial charge is 0.248 e. The van der Waals surface area contributed by atoms with Crippen molar-refractivity contribution in [1.29, 1.82) is 0 Å². The van der Waals surface area contributed by atoms with Gasteiger partial charge in [0, 0.05) is 23.7 Å². The molecule has 24 heavy (non-hydrogen) atoms. The van der Waals surface area contributed by atoms with Crippen molar-refractivity contribution in [3.63, 3.8) is 0 Å². The minimum absolute atomic E-state index is 0. The molecule has 0 spiro atoms. The van der Waals surface area contributed by atoms with Crippen molar-refractivity contribution < 1.29 is 9.26 Å². The molecule has 1 aromatic carbocycles. The number of guanidine groups is 1. The number of hydrogen-bond acceptors (Lipinski definition) is 5. The maximum absolute atomic E-state index is 6.01. The number of morpholine rings is 1. The summed E-state index contributed by atoms with van der Waals surface area (Å²) < 4.78 is 10.7. The summed E-state index contributed by atoms with van der Waals surface area (Å²) in [7, 11) is 0. The van der Waals surface area contributed by atoms with Gasteiger partial charge in [0.25, 0.3) is 0 Å². The molecule has 7 nitrogen and oxygen atoms in total. The zero-order valence-corrected chi connectivity index (χ0v) is 16.3. The Morgan fingerprint density at radius 3 is 2.88 bits per heavy atom. The van der Waals surface area contributed by atoms with Gasteiger partial charge in [-0.15, -0.1) is 24.0 Å². The van der Waals surface area contributed by atoms with Gasteiger partial charge < -0.3 is 19.9 Å². The van der Waals surface area contributed by atoms with Gasteiger partial charge in [0.15, 0.2) is 5.96 Å². The summed E-state index contributed by atoms with van der Waals surface area (Å²) in [5.74, 6) is 1.39.